The summed E-state index contributed by atoms with van der Waals surface area (Å²) in [6.07, 6.45) is 37.8. The van der Waals surface area contributed by atoms with Crippen molar-refractivity contribution in [2.24, 2.45) is 11.8 Å². The fourth-order valence-electron chi connectivity index (χ4n) is 4.55. The van der Waals surface area contributed by atoms with Gasteiger partial charge in [-0.05, 0) is 42.9 Å². The lowest BCUT2D eigenvalue weighted by atomic mass is 9.72. The second kappa shape index (κ2) is 18.8. The molecule has 0 amide bonds. The summed E-state index contributed by atoms with van der Waals surface area (Å²) in [6.45, 7) is 3.92. The van der Waals surface area contributed by atoms with E-state index in [2.05, 4.69) is 6.08 Å². The highest BCUT2D eigenvalue weighted by Gasteiger charge is 2.30. The van der Waals surface area contributed by atoms with Gasteiger partial charge in [0.1, 0.15) is 0 Å². The third kappa shape index (κ3) is 12.0. The first-order valence-electron chi connectivity index (χ1n) is 13.6. The summed E-state index contributed by atoms with van der Waals surface area (Å²) in [5.74, 6) is -2.01. The van der Waals surface area contributed by atoms with Crippen molar-refractivity contribution >= 4 is 18.0 Å². The molecule has 40 heavy (non-hydrogen) atoms. The van der Waals surface area contributed by atoms with E-state index in [1.165, 1.54) is 0 Å². The lowest BCUT2D eigenvalue weighted by Gasteiger charge is -2.32. The van der Waals surface area contributed by atoms with Crippen molar-refractivity contribution in [1.82, 2.24) is 0 Å². The summed E-state index contributed by atoms with van der Waals surface area (Å²) >= 11 is 0. The van der Waals surface area contributed by atoms with Gasteiger partial charge in [-0.1, -0.05) is 140 Å². The Labute approximate surface area is 238 Å². The number of aliphatic carboxylic acids is 2. The predicted octanol–water partition coefficient (Wildman–Crippen LogP) is 8.78. The fraction of sp³-hybridized carbons (Fsp3) is 0.222. The molecule has 3 atom stereocenters. The van der Waals surface area contributed by atoms with E-state index in [1.807, 2.05) is 141 Å². The van der Waals surface area contributed by atoms with Crippen molar-refractivity contribution in [3.63, 3.8) is 0 Å². The average Bonchev–Trinajstić information content (AvgIpc) is 2.94. The van der Waals surface area contributed by atoms with E-state index in [4.69, 9.17) is 0 Å². The van der Waals surface area contributed by atoms with Crippen molar-refractivity contribution in [1.29, 1.82) is 0 Å². The van der Waals surface area contributed by atoms with Gasteiger partial charge in [-0.3, -0.25) is 9.59 Å². The topological polar surface area (TPSA) is 74.6 Å². The number of hydrogen-bond acceptors (Lipinski definition) is 2. The summed E-state index contributed by atoms with van der Waals surface area (Å²) in [6, 6.07) is 7.93. The summed E-state index contributed by atoms with van der Waals surface area (Å²) < 4.78 is 0. The zero-order valence-electron chi connectivity index (χ0n) is 23.3. The summed E-state index contributed by atoms with van der Waals surface area (Å²) in [5, 5.41) is 19.0. The van der Waals surface area contributed by atoms with Crippen molar-refractivity contribution < 1.29 is 19.8 Å². The Balaban J connectivity index is 2.37. The SMILES string of the molecule is CC=CC=CC=CC=Cc1ccccc1C(CC(=O)O)C1C=CC(=CCC(=O)O)C(C=CC=CC=CC=CC)C1. The first kappa shape index (κ1) is 31.8. The lowest BCUT2D eigenvalue weighted by molar-refractivity contribution is -0.138. The molecule has 0 heterocycles. The molecule has 4 heteroatoms. The molecule has 2 rings (SSSR count). The molecule has 2 N–H and O–H groups in total. The van der Waals surface area contributed by atoms with E-state index in [0.717, 1.165) is 16.7 Å². The highest BCUT2D eigenvalue weighted by Crippen LogP contribution is 2.41. The maximum absolute atomic E-state index is 12.0. The van der Waals surface area contributed by atoms with Crippen LogP contribution in [0.25, 0.3) is 6.08 Å². The molecule has 0 aliphatic heterocycles. The number of rotatable bonds is 14. The Hall–Kier alpha value is -4.44. The van der Waals surface area contributed by atoms with E-state index in [1.54, 1.807) is 6.08 Å². The first-order chi connectivity index (χ1) is 19.5. The van der Waals surface area contributed by atoms with Crippen LogP contribution in [0.1, 0.15) is 50.2 Å². The van der Waals surface area contributed by atoms with Crippen molar-refractivity contribution in [3.05, 3.63) is 150 Å². The number of hydrogen-bond donors (Lipinski definition) is 2. The van der Waals surface area contributed by atoms with E-state index in [0.29, 0.717) is 6.42 Å². The lowest BCUT2D eigenvalue weighted by Crippen LogP contribution is -2.22. The molecule has 0 fully saturated rings. The van der Waals surface area contributed by atoms with Crippen LogP contribution in [-0.4, -0.2) is 22.2 Å². The van der Waals surface area contributed by atoms with Crippen LogP contribution in [0.3, 0.4) is 0 Å². The Morgan fingerprint density at radius 2 is 1.43 bits per heavy atom. The zero-order chi connectivity index (χ0) is 29.0. The molecule has 0 bridgehead atoms. The summed E-state index contributed by atoms with van der Waals surface area (Å²) in [5.41, 5.74) is 2.91. The van der Waals surface area contributed by atoms with Gasteiger partial charge in [-0.25, -0.2) is 0 Å². The molecule has 1 aromatic carbocycles. The molecule has 208 valence electrons. The standard InChI is InChI=1S/C36H40O4/c1-3-5-7-9-11-13-15-19-30-20-17-18-22-33(30)34(28-36(39)40)32-24-23-29(25-26-35(37)38)31(27-32)21-16-14-12-10-8-6-4-2/h3-25,31-32,34H,26-28H2,1-2H3,(H,37,38)(H,39,40). The zero-order valence-corrected chi connectivity index (χ0v) is 23.3. The van der Waals surface area contributed by atoms with Crippen LogP contribution in [0.2, 0.25) is 0 Å². The Bertz CT molecular complexity index is 1260. The van der Waals surface area contributed by atoms with E-state index in [9.17, 15) is 19.8 Å². The normalized spacial score (nSPS) is 20.3. The smallest absolute Gasteiger partial charge is 0.307 e. The maximum Gasteiger partial charge on any atom is 0.307 e. The van der Waals surface area contributed by atoms with Crippen molar-refractivity contribution in [2.45, 2.75) is 39.0 Å². The van der Waals surface area contributed by atoms with Gasteiger partial charge >= 0.3 is 11.9 Å². The molecule has 3 unspecified atom stereocenters. The van der Waals surface area contributed by atoms with Crippen LogP contribution in [0.4, 0.5) is 0 Å². The first-order valence-corrected chi connectivity index (χ1v) is 13.6. The van der Waals surface area contributed by atoms with Crippen LogP contribution < -0.4 is 0 Å². The van der Waals surface area contributed by atoms with Gasteiger partial charge in [0.2, 0.25) is 0 Å². The molecule has 4 nitrogen and oxygen atoms in total. The Kier molecular flexibility index (Phi) is 14.9. The Morgan fingerprint density at radius 3 is 2.05 bits per heavy atom. The second-order valence-corrected chi connectivity index (χ2v) is 9.34. The number of carboxylic acids is 2. The number of allylic oxidation sites excluding steroid dienone is 18. The van der Waals surface area contributed by atoms with Crippen molar-refractivity contribution in [3.8, 4) is 0 Å². The number of benzene rings is 1. The van der Waals surface area contributed by atoms with Gasteiger partial charge in [-0.15, -0.1) is 0 Å². The van der Waals surface area contributed by atoms with Crippen molar-refractivity contribution in [2.75, 3.05) is 0 Å². The van der Waals surface area contributed by atoms with E-state index < -0.39 is 11.9 Å². The molecular formula is C36H40O4. The van der Waals surface area contributed by atoms with E-state index in [-0.39, 0.29) is 30.6 Å². The van der Waals surface area contributed by atoms with Gasteiger partial charge in [0.05, 0.1) is 12.8 Å². The van der Waals surface area contributed by atoms with Gasteiger partial charge < -0.3 is 10.2 Å². The van der Waals surface area contributed by atoms with Crippen LogP contribution >= 0.6 is 0 Å². The third-order valence-corrected chi connectivity index (χ3v) is 6.42. The monoisotopic (exact) mass is 536 g/mol. The highest BCUT2D eigenvalue weighted by atomic mass is 16.4. The minimum atomic E-state index is -0.879. The van der Waals surface area contributed by atoms with Crippen LogP contribution in [0.15, 0.2) is 139 Å². The fourth-order valence-corrected chi connectivity index (χ4v) is 4.55. The summed E-state index contributed by atoms with van der Waals surface area (Å²) in [7, 11) is 0. The van der Waals surface area contributed by atoms with Gasteiger partial charge in [-0.2, -0.15) is 0 Å². The van der Waals surface area contributed by atoms with Crippen LogP contribution in [0, 0.1) is 11.8 Å². The van der Waals surface area contributed by atoms with Gasteiger partial charge in [0, 0.05) is 11.8 Å². The molecule has 0 aromatic heterocycles. The molecule has 0 spiro atoms. The summed E-state index contributed by atoms with van der Waals surface area (Å²) in [4.78, 5) is 23.2. The average molecular weight is 537 g/mol. The van der Waals surface area contributed by atoms with Crippen LogP contribution in [0.5, 0.6) is 0 Å². The maximum atomic E-state index is 12.0. The Morgan fingerprint density at radius 1 is 0.825 bits per heavy atom. The van der Waals surface area contributed by atoms with Gasteiger partial charge in [0.25, 0.3) is 0 Å². The largest absolute Gasteiger partial charge is 0.481 e. The molecule has 0 radical (unpaired) electrons. The van der Waals surface area contributed by atoms with E-state index >= 15 is 0 Å². The number of carboxylic acid groups (broad SMARTS) is 2. The molecule has 1 aliphatic rings. The minimum absolute atomic E-state index is 0.00202. The number of carbonyl (C=O) groups is 2. The van der Waals surface area contributed by atoms with Crippen LogP contribution in [-0.2, 0) is 9.59 Å². The van der Waals surface area contributed by atoms with Gasteiger partial charge in [0.15, 0.2) is 0 Å². The molecule has 1 aliphatic carbocycles. The quantitative estimate of drug-likeness (QED) is 0.233. The molecule has 0 saturated carbocycles. The second-order valence-electron chi connectivity index (χ2n) is 9.34. The highest BCUT2D eigenvalue weighted by molar-refractivity contribution is 5.70. The molecule has 0 saturated heterocycles. The predicted molar refractivity (Wildman–Crippen MR) is 167 cm³/mol. The third-order valence-electron chi connectivity index (χ3n) is 6.42. The molecule has 1 aromatic rings. The molecular weight excluding hydrogens is 496 g/mol. The minimum Gasteiger partial charge on any atom is -0.481 e.